The molecule has 0 saturated heterocycles. The van der Waals surface area contributed by atoms with E-state index in [9.17, 15) is 4.79 Å². The van der Waals surface area contributed by atoms with E-state index >= 15 is 0 Å². The van der Waals surface area contributed by atoms with Gasteiger partial charge in [0.1, 0.15) is 12.7 Å². The maximum Gasteiger partial charge on any atom is 0.338 e. The summed E-state index contributed by atoms with van der Waals surface area (Å²) in [5.74, 6) is 0.607. The van der Waals surface area contributed by atoms with Gasteiger partial charge in [-0.3, -0.25) is 0 Å². The van der Waals surface area contributed by atoms with Crippen LogP contribution >= 0.6 is 0 Å². The van der Waals surface area contributed by atoms with E-state index in [0.29, 0.717) is 17.9 Å². The van der Waals surface area contributed by atoms with Crippen molar-refractivity contribution in [1.29, 1.82) is 0 Å². The molecule has 8 nitrogen and oxygen atoms in total. The third-order valence-corrected chi connectivity index (χ3v) is 3.33. The fourth-order valence-electron chi connectivity index (χ4n) is 2.02. The van der Waals surface area contributed by atoms with Gasteiger partial charge in [0.15, 0.2) is 12.4 Å². The number of ether oxygens (including phenoxy) is 1. The fraction of sp³-hybridized carbons (Fsp3) is 0.312. The highest BCUT2D eigenvalue weighted by Gasteiger charge is 2.13. The van der Waals surface area contributed by atoms with Gasteiger partial charge < -0.3 is 9.26 Å². The van der Waals surface area contributed by atoms with Gasteiger partial charge in [0.25, 0.3) is 5.89 Å². The van der Waals surface area contributed by atoms with Crippen molar-refractivity contribution >= 4 is 5.97 Å². The third kappa shape index (κ3) is 3.83. The summed E-state index contributed by atoms with van der Waals surface area (Å²) in [4.78, 5) is 20.1. The highest BCUT2D eigenvalue weighted by molar-refractivity contribution is 5.89. The molecule has 3 aromatic rings. The quantitative estimate of drug-likeness (QED) is 0.640. The van der Waals surface area contributed by atoms with E-state index in [2.05, 4.69) is 20.2 Å². The summed E-state index contributed by atoms with van der Waals surface area (Å²) in [6.45, 7) is 4.47. The van der Waals surface area contributed by atoms with E-state index in [1.54, 1.807) is 23.1 Å². The number of hydrogen-bond acceptors (Lipinski definition) is 7. The molecule has 8 heteroatoms. The van der Waals surface area contributed by atoms with Gasteiger partial charge in [-0.2, -0.15) is 10.1 Å². The molecule has 1 aromatic carbocycles. The van der Waals surface area contributed by atoms with Gasteiger partial charge in [0.05, 0.1) is 12.1 Å². The highest BCUT2D eigenvalue weighted by atomic mass is 16.6. The number of carbonyl (C=O) groups excluding carboxylic acids is 1. The van der Waals surface area contributed by atoms with Gasteiger partial charge in [0.2, 0.25) is 0 Å². The molecule has 0 amide bonds. The molecule has 24 heavy (non-hydrogen) atoms. The maximum atomic E-state index is 12.0. The van der Waals surface area contributed by atoms with Crippen molar-refractivity contribution < 1.29 is 14.1 Å². The van der Waals surface area contributed by atoms with E-state index < -0.39 is 5.97 Å². The topological polar surface area (TPSA) is 95.9 Å². The number of nitrogens with zero attached hydrogens (tertiary/aromatic N) is 5. The molecule has 0 bridgehead atoms. The number of aromatic nitrogens is 5. The third-order valence-electron chi connectivity index (χ3n) is 3.33. The van der Waals surface area contributed by atoms with Crippen LogP contribution in [0, 0.1) is 0 Å². The van der Waals surface area contributed by atoms with Crippen LogP contribution < -0.4 is 0 Å². The monoisotopic (exact) mass is 327 g/mol. The van der Waals surface area contributed by atoms with Gasteiger partial charge in [-0.1, -0.05) is 31.1 Å². The van der Waals surface area contributed by atoms with E-state index in [1.807, 2.05) is 26.0 Å². The first-order valence-corrected chi connectivity index (χ1v) is 7.53. The fourth-order valence-corrected chi connectivity index (χ4v) is 2.02. The molecule has 0 radical (unpaired) electrons. The molecular weight excluding hydrogens is 310 g/mol. The molecule has 0 saturated carbocycles. The zero-order valence-corrected chi connectivity index (χ0v) is 13.4. The number of carbonyl (C=O) groups is 1. The Balaban J connectivity index is 1.56. The second kappa shape index (κ2) is 7.03. The summed E-state index contributed by atoms with van der Waals surface area (Å²) in [6.07, 6.45) is 3.12. The normalized spacial score (nSPS) is 11.0. The van der Waals surface area contributed by atoms with Crippen molar-refractivity contribution in [3.63, 3.8) is 0 Å². The molecule has 0 aliphatic heterocycles. The molecule has 0 fully saturated rings. The summed E-state index contributed by atoms with van der Waals surface area (Å²) in [5, 5.41) is 7.86. The lowest BCUT2D eigenvalue weighted by atomic mass is 10.1. The van der Waals surface area contributed by atoms with Crippen molar-refractivity contribution in [2.75, 3.05) is 0 Å². The molecule has 0 aliphatic rings. The minimum Gasteiger partial charge on any atom is -0.452 e. The first-order valence-electron chi connectivity index (χ1n) is 7.53. The molecule has 3 rings (SSSR count). The van der Waals surface area contributed by atoms with E-state index in [-0.39, 0.29) is 18.4 Å². The Hall–Kier alpha value is -3.03. The van der Waals surface area contributed by atoms with Crippen LogP contribution in [-0.2, 0) is 17.9 Å². The number of benzene rings is 1. The predicted molar refractivity (Wildman–Crippen MR) is 83.1 cm³/mol. The molecule has 124 valence electrons. The first kappa shape index (κ1) is 15.9. The molecular formula is C16H17N5O3. The SMILES string of the molecule is CC(C)c1noc(COC(=O)c2ccc(Cn3cncn3)cc2)n1. The van der Waals surface area contributed by atoms with Crippen LogP contribution in [0.4, 0.5) is 0 Å². The van der Waals surface area contributed by atoms with Crippen molar-refractivity contribution in [1.82, 2.24) is 24.9 Å². The Morgan fingerprint density at radius 3 is 2.71 bits per heavy atom. The lowest BCUT2D eigenvalue weighted by Gasteiger charge is -2.04. The minimum absolute atomic E-state index is 0.0424. The van der Waals surface area contributed by atoms with Crippen LogP contribution in [0.2, 0.25) is 0 Å². The van der Waals surface area contributed by atoms with Crippen LogP contribution in [0.3, 0.4) is 0 Å². The molecule has 0 aliphatic carbocycles. The number of hydrogen-bond donors (Lipinski definition) is 0. The van der Waals surface area contributed by atoms with Crippen molar-refractivity contribution in [2.45, 2.75) is 32.9 Å². The van der Waals surface area contributed by atoms with Gasteiger partial charge in [-0.25, -0.2) is 14.5 Å². The smallest absolute Gasteiger partial charge is 0.338 e. The van der Waals surface area contributed by atoms with Gasteiger partial charge >= 0.3 is 5.97 Å². The van der Waals surface area contributed by atoms with Crippen molar-refractivity contribution in [3.05, 3.63) is 59.8 Å². The molecule has 0 spiro atoms. The van der Waals surface area contributed by atoms with Gasteiger partial charge in [-0.05, 0) is 17.7 Å². The van der Waals surface area contributed by atoms with Crippen LogP contribution in [0.5, 0.6) is 0 Å². The Kier molecular flexibility index (Phi) is 4.64. The van der Waals surface area contributed by atoms with Gasteiger partial charge in [-0.15, -0.1) is 0 Å². The zero-order chi connectivity index (χ0) is 16.9. The Labute approximate surface area is 138 Å². The second-order valence-electron chi connectivity index (χ2n) is 5.57. The second-order valence-corrected chi connectivity index (χ2v) is 5.57. The zero-order valence-electron chi connectivity index (χ0n) is 13.4. The minimum atomic E-state index is -0.438. The van der Waals surface area contributed by atoms with E-state index in [4.69, 9.17) is 9.26 Å². The first-order chi connectivity index (χ1) is 11.6. The van der Waals surface area contributed by atoms with Gasteiger partial charge in [0, 0.05) is 5.92 Å². The van der Waals surface area contributed by atoms with Crippen LogP contribution in [0.15, 0.2) is 41.4 Å². The average Bonchev–Trinajstić information content (AvgIpc) is 3.25. The summed E-state index contributed by atoms with van der Waals surface area (Å²) >= 11 is 0. The van der Waals surface area contributed by atoms with Crippen molar-refractivity contribution in [3.8, 4) is 0 Å². The van der Waals surface area contributed by atoms with E-state index in [0.717, 1.165) is 5.56 Å². The lowest BCUT2D eigenvalue weighted by Crippen LogP contribution is -2.06. The maximum absolute atomic E-state index is 12.0. The molecule has 0 atom stereocenters. The molecule has 2 heterocycles. The Morgan fingerprint density at radius 2 is 2.08 bits per heavy atom. The largest absolute Gasteiger partial charge is 0.452 e. The average molecular weight is 327 g/mol. The Bertz CT molecular complexity index is 793. The van der Waals surface area contributed by atoms with Crippen molar-refractivity contribution in [2.24, 2.45) is 0 Å². The number of rotatable bonds is 6. The Morgan fingerprint density at radius 1 is 1.29 bits per heavy atom. The van der Waals surface area contributed by atoms with E-state index in [1.165, 1.54) is 6.33 Å². The molecule has 2 aromatic heterocycles. The van der Waals surface area contributed by atoms with Crippen LogP contribution in [0.1, 0.15) is 47.4 Å². The lowest BCUT2D eigenvalue weighted by molar-refractivity contribution is 0.0430. The summed E-state index contributed by atoms with van der Waals surface area (Å²) in [6, 6.07) is 7.12. The summed E-state index contributed by atoms with van der Waals surface area (Å²) in [7, 11) is 0. The molecule has 0 N–H and O–H groups in total. The summed E-state index contributed by atoms with van der Waals surface area (Å²) < 4.78 is 11.9. The predicted octanol–water partition coefficient (Wildman–Crippen LogP) is 2.19. The number of esters is 1. The molecule has 0 unspecified atom stereocenters. The standard InChI is InChI=1S/C16H17N5O3/c1-11(2)15-19-14(24-20-15)8-23-16(22)13-5-3-12(4-6-13)7-21-10-17-9-18-21/h3-6,9-11H,7-8H2,1-2H3. The van der Waals surface area contributed by atoms with Crippen LogP contribution in [-0.4, -0.2) is 30.9 Å². The highest BCUT2D eigenvalue weighted by Crippen LogP contribution is 2.12. The summed E-state index contributed by atoms with van der Waals surface area (Å²) in [5.41, 5.74) is 1.47. The van der Waals surface area contributed by atoms with Crippen LogP contribution in [0.25, 0.3) is 0 Å².